The van der Waals surface area contributed by atoms with Crippen molar-refractivity contribution in [1.82, 2.24) is 25.2 Å². The highest BCUT2D eigenvalue weighted by Crippen LogP contribution is 2.19. The van der Waals surface area contributed by atoms with Crippen LogP contribution in [0.3, 0.4) is 0 Å². The number of benzene rings is 1. The van der Waals surface area contributed by atoms with Crippen molar-refractivity contribution >= 4 is 11.7 Å². The summed E-state index contributed by atoms with van der Waals surface area (Å²) >= 11 is 0. The summed E-state index contributed by atoms with van der Waals surface area (Å²) in [6.45, 7) is 1.79. The molecule has 1 aromatic carbocycles. The van der Waals surface area contributed by atoms with Crippen molar-refractivity contribution in [2.75, 3.05) is 6.54 Å². The van der Waals surface area contributed by atoms with Crippen molar-refractivity contribution in [3.63, 3.8) is 0 Å². The lowest BCUT2D eigenvalue weighted by molar-refractivity contribution is 0.0593. The van der Waals surface area contributed by atoms with E-state index in [9.17, 15) is 14.3 Å². The second-order valence-corrected chi connectivity index (χ2v) is 5.85. The van der Waals surface area contributed by atoms with Gasteiger partial charge in [-0.15, -0.1) is 0 Å². The molecule has 2 amide bonds. The van der Waals surface area contributed by atoms with Gasteiger partial charge in [-0.2, -0.15) is 5.10 Å². The zero-order valence-electron chi connectivity index (χ0n) is 13.6. The predicted octanol–water partition coefficient (Wildman–Crippen LogP) is 1.58. The number of rotatable bonds is 5. The first kappa shape index (κ1) is 16.8. The fourth-order valence-corrected chi connectivity index (χ4v) is 2.42. The lowest BCUT2D eigenvalue weighted by Crippen LogP contribution is -2.43. The molecule has 3 aromatic rings. The number of nitrogens with zero attached hydrogens (tertiary/aromatic N) is 3. The van der Waals surface area contributed by atoms with E-state index in [2.05, 4.69) is 20.7 Å². The molecule has 0 fully saturated rings. The lowest BCUT2D eigenvalue weighted by Gasteiger charge is -2.24. The van der Waals surface area contributed by atoms with Crippen molar-refractivity contribution in [2.24, 2.45) is 0 Å². The molecule has 3 rings (SSSR count). The summed E-state index contributed by atoms with van der Waals surface area (Å²) in [5.74, 6) is -0.382. The van der Waals surface area contributed by atoms with Crippen LogP contribution in [0.15, 0.2) is 48.8 Å². The van der Waals surface area contributed by atoms with Gasteiger partial charge in [-0.25, -0.2) is 18.7 Å². The van der Waals surface area contributed by atoms with Gasteiger partial charge in [0.2, 0.25) is 0 Å². The highest BCUT2D eigenvalue weighted by molar-refractivity contribution is 5.73. The number of amides is 2. The smallest absolute Gasteiger partial charge is 0.315 e. The van der Waals surface area contributed by atoms with Gasteiger partial charge >= 0.3 is 6.03 Å². The van der Waals surface area contributed by atoms with E-state index in [0.717, 1.165) is 5.69 Å². The number of carbonyl (C=O) groups excluding carboxylic acids is 1. The monoisotopic (exact) mass is 343 g/mol. The maximum Gasteiger partial charge on any atom is 0.315 e. The molecular formula is C17H18FN5O2. The zero-order valence-corrected chi connectivity index (χ0v) is 13.6. The summed E-state index contributed by atoms with van der Waals surface area (Å²) in [6.07, 6.45) is 3.27. The number of carbonyl (C=O) groups is 1. The van der Waals surface area contributed by atoms with Gasteiger partial charge < -0.3 is 15.7 Å². The lowest BCUT2D eigenvalue weighted by atomic mass is 9.96. The minimum absolute atomic E-state index is 0.0159. The highest BCUT2D eigenvalue weighted by Gasteiger charge is 2.23. The first-order chi connectivity index (χ1) is 12.0. The molecule has 1 unspecified atom stereocenters. The number of halogens is 1. The normalized spacial score (nSPS) is 13.4. The Kier molecular flexibility index (Phi) is 4.62. The topological polar surface area (TPSA) is 91.5 Å². The summed E-state index contributed by atoms with van der Waals surface area (Å²) in [5, 5.41) is 19.9. The second kappa shape index (κ2) is 6.86. The van der Waals surface area contributed by atoms with Gasteiger partial charge in [-0.1, -0.05) is 12.1 Å². The number of aliphatic hydroxyl groups is 1. The first-order valence-corrected chi connectivity index (χ1v) is 7.73. The van der Waals surface area contributed by atoms with Crippen molar-refractivity contribution < 1.29 is 14.3 Å². The minimum Gasteiger partial charge on any atom is -0.384 e. The van der Waals surface area contributed by atoms with Crippen LogP contribution in [-0.4, -0.2) is 32.3 Å². The van der Waals surface area contributed by atoms with E-state index >= 15 is 0 Å². The molecule has 8 heteroatoms. The Balaban J connectivity index is 1.56. The zero-order chi connectivity index (χ0) is 17.9. The third-order valence-electron chi connectivity index (χ3n) is 3.86. The molecule has 0 aliphatic rings. The van der Waals surface area contributed by atoms with Crippen LogP contribution in [0.4, 0.5) is 9.18 Å². The fourth-order valence-electron chi connectivity index (χ4n) is 2.42. The Morgan fingerprint density at radius 3 is 2.72 bits per heavy atom. The number of aromatic nitrogens is 3. The molecule has 2 aromatic heterocycles. The fraction of sp³-hybridized carbons (Fsp3) is 0.235. The van der Waals surface area contributed by atoms with Crippen LogP contribution in [0.1, 0.15) is 18.2 Å². The molecule has 3 N–H and O–H groups in total. The van der Waals surface area contributed by atoms with Crippen LogP contribution in [0.5, 0.6) is 0 Å². The van der Waals surface area contributed by atoms with E-state index < -0.39 is 11.6 Å². The molecule has 0 spiro atoms. The molecule has 0 aliphatic heterocycles. The van der Waals surface area contributed by atoms with Crippen LogP contribution < -0.4 is 10.6 Å². The Bertz CT molecular complexity index is 876. The molecule has 0 saturated carbocycles. The molecular weight excluding hydrogens is 325 g/mol. The quantitative estimate of drug-likeness (QED) is 0.656. The second-order valence-electron chi connectivity index (χ2n) is 5.85. The van der Waals surface area contributed by atoms with Crippen molar-refractivity contribution in [2.45, 2.75) is 19.1 Å². The summed E-state index contributed by atoms with van der Waals surface area (Å²) in [6, 6.07) is 8.60. The van der Waals surface area contributed by atoms with E-state index in [4.69, 9.17) is 0 Å². The molecule has 2 heterocycles. The van der Waals surface area contributed by atoms with Gasteiger partial charge in [0.05, 0.1) is 25.0 Å². The van der Waals surface area contributed by atoms with Crippen molar-refractivity contribution in [3.05, 3.63) is 65.9 Å². The van der Waals surface area contributed by atoms with Crippen molar-refractivity contribution in [3.8, 4) is 0 Å². The summed E-state index contributed by atoms with van der Waals surface area (Å²) < 4.78 is 14.6. The van der Waals surface area contributed by atoms with Crippen LogP contribution in [0, 0.1) is 5.82 Å². The Hall–Kier alpha value is -3.00. The number of nitrogens with one attached hydrogen (secondary N) is 2. The molecule has 0 radical (unpaired) electrons. The number of hydrogen-bond acceptors (Lipinski definition) is 4. The number of urea groups is 1. The summed E-state index contributed by atoms with van der Waals surface area (Å²) in [7, 11) is 0. The van der Waals surface area contributed by atoms with Gasteiger partial charge in [0.1, 0.15) is 11.4 Å². The third-order valence-corrected chi connectivity index (χ3v) is 3.86. The maximum absolute atomic E-state index is 13.0. The van der Waals surface area contributed by atoms with Gasteiger partial charge in [-0.3, -0.25) is 0 Å². The van der Waals surface area contributed by atoms with Crippen molar-refractivity contribution in [1.29, 1.82) is 0 Å². The summed E-state index contributed by atoms with van der Waals surface area (Å²) in [5.41, 5.74) is 0.674. The molecule has 0 saturated heterocycles. The molecule has 1 atom stereocenters. The molecule has 25 heavy (non-hydrogen) atoms. The summed E-state index contributed by atoms with van der Waals surface area (Å²) in [4.78, 5) is 16.1. The maximum atomic E-state index is 13.0. The first-order valence-electron chi connectivity index (χ1n) is 7.73. The highest BCUT2D eigenvalue weighted by atomic mass is 19.1. The standard InChI is InChI=1S/C17H18FN5O2/c1-17(25,12-2-4-13(18)5-3-12)11-21-16(24)20-10-14-6-8-19-15-7-9-22-23(14)15/h2-9,25H,10-11H2,1H3,(H2,20,21,24). The van der Waals surface area contributed by atoms with Gasteiger partial charge in [0.15, 0.2) is 5.65 Å². The molecule has 7 nitrogen and oxygen atoms in total. The predicted molar refractivity (Wildman–Crippen MR) is 89.2 cm³/mol. The van der Waals surface area contributed by atoms with Crippen LogP contribution in [-0.2, 0) is 12.1 Å². The molecule has 130 valence electrons. The van der Waals surface area contributed by atoms with E-state index in [1.54, 1.807) is 36.0 Å². The minimum atomic E-state index is -1.31. The van der Waals surface area contributed by atoms with E-state index in [-0.39, 0.29) is 18.9 Å². The number of fused-ring (bicyclic) bond motifs is 1. The Labute approximate surface area is 143 Å². The SMILES string of the molecule is CC(O)(CNC(=O)NCc1ccnc2ccnn12)c1ccc(F)cc1. The van der Waals surface area contributed by atoms with E-state index in [1.165, 1.54) is 24.3 Å². The molecule has 0 aliphatic carbocycles. The Morgan fingerprint density at radius 2 is 1.96 bits per heavy atom. The van der Waals surface area contributed by atoms with Crippen LogP contribution >= 0.6 is 0 Å². The van der Waals surface area contributed by atoms with Gasteiger partial charge in [-0.05, 0) is 30.7 Å². The Morgan fingerprint density at radius 1 is 1.20 bits per heavy atom. The van der Waals surface area contributed by atoms with Gasteiger partial charge in [0.25, 0.3) is 0 Å². The van der Waals surface area contributed by atoms with Crippen LogP contribution in [0.2, 0.25) is 0 Å². The third kappa shape index (κ3) is 3.92. The largest absolute Gasteiger partial charge is 0.384 e. The van der Waals surface area contributed by atoms with Crippen LogP contribution in [0.25, 0.3) is 5.65 Å². The van der Waals surface area contributed by atoms with Gasteiger partial charge in [0, 0.05) is 12.3 Å². The average molecular weight is 343 g/mol. The number of hydrogen-bond donors (Lipinski definition) is 3. The molecule has 0 bridgehead atoms. The van der Waals surface area contributed by atoms with E-state index in [1.807, 2.05) is 0 Å². The van der Waals surface area contributed by atoms with E-state index in [0.29, 0.717) is 11.2 Å². The average Bonchev–Trinajstić information content (AvgIpc) is 3.08.